The van der Waals surface area contributed by atoms with E-state index in [0.717, 1.165) is 18.0 Å². The maximum Gasteiger partial charge on any atom is 0.119 e. The molecule has 0 saturated carbocycles. The second-order valence-electron chi connectivity index (χ2n) is 4.96. The van der Waals surface area contributed by atoms with Crippen molar-refractivity contribution in [2.24, 2.45) is 0 Å². The van der Waals surface area contributed by atoms with Gasteiger partial charge in [-0.05, 0) is 55.7 Å². The molecular formula is C17H21NO. The molecule has 0 atom stereocenters. The number of rotatable bonds is 4. The van der Waals surface area contributed by atoms with Crippen LogP contribution in [0.1, 0.15) is 22.3 Å². The van der Waals surface area contributed by atoms with E-state index in [4.69, 9.17) is 4.74 Å². The Kier molecular flexibility index (Phi) is 4.10. The maximum absolute atomic E-state index is 5.22. The fourth-order valence-corrected chi connectivity index (χ4v) is 2.14. The van der Waals surface area contributed by atoms with E-state index in [1.165, 1.54) is 22.3 Å². The molecule has 0 saturated heterocycles. The van der Waals surface area contributed by atoms with E-state index in [1.807, 2.05) is 12.1 Å². The van der Waals surface area contributed by atoms with Crippen LogP contribution in [-0.4, -0.2) is 7.11 Å². The number of nitrogens with one attached hydrogen (secondary N) is 1. The molecule has 19 heavy (non-hydrogen) atoms. The number of anilines is 1. The molecule has 0 radical (unpaired) electrons. The molecule has 0 aromatic heterocycles. The second-order valence-corrected chi connectivity index (χ2v) is 4.96. The van der Waals surface area contributed by atoms with Crippen molar-refractivity contribution in [3.8, 4) is 5.75 Å². The standard InChI is InChI=1S/C17H21NO/c1-12-5-6-13(2)15(9-12)11-18-17-8-7-16(19-4)10-14(17)3/h5-10,18H,11H2,1-4H3. The van der Waals surface area contributed by atoms with Crippen LogP contribution in [0.5, 0.6) is 5.75 Å². The molecule has 0 unspecified atom stereocenters. The number of ether oxygens (including phenoxy) is 1. The largest absolute Gasteiger partial charge is 0.497 e. The Balaban J connectivity index is 2.12. The van der Waals surface area contributed by atoms with Gasteiger partial charge in [-0.15, -0.1) is 0 Å². The molecule has 2 nitrogen and oxygen atoms in total. The Bertz CT molecular complexity index is 575. The van der Waals surface area contributed by atoms with Gasteiger partial charge in [0.15, 0.2) is 0 Å². The Morgan fingerprint density at radius 1 is 0.947 bits per heavy atom. The molecule has 2 aromatic rings. The van der Waals surface area contributed by atoms with Gasteiger partial charge >= 0.3 is 0 Å². The molecule has 1 N–H and O–H groups in total. The Morgan fingerprint density at radius 2 is 1.74 bits per heavy atom. The summed E-state index contributed by atoms with van der Waals surface area (Å²) < 4.78 is 5.22. The molecule has 0 amide bonds. The maximum atomic E-state index is 5.22. The molecule has 2 heteroatoms. The first-order chi connectivity index (χ1) is 9.10. The van der Waals surface area contributed by atoms with Crippen LogP contribution in [0.25, 0.3) is 0 Å². The van der Waals surface area contributed by atoms with Crippen molar-refractivity contribution < 1.29 is 4.74 Å². The van der Waals surface area contributed by atoms with Crippen LogP contribution in [0.3, 0.4) is 0 Å². The van der Waals surface area contributed by atoms with Crippen molar-refractivity contribution in [3.63, 3.8) is 0 Å². The van der Waals surface area contributed by atoms with Gasteiger partial charge in [0.2, 0.25) is 0 Å². The van der Waals surface area contributed by atoms with Crippen molar-refractivity contribution in [1.82, 2.24) is 0 Å². The highest BCUT2D eigenvalue weighted by atomic mass is 16.5. The zero-order chi connectivity index (χ0) is 13.8. The van der Waals surface area contributed by atoms with Crippen LogP contribution in [0.4, 0.5) is 5.69 Å². The van der Waals surface area contributed by atoms with Crippen LogP contribution in [-0.2, 0) is 6.54 Å². The summed E-state index contributed by atoms with van der Waals surface area (Å²) in [4.78, 5) is 0. The summed E-state index contributed by atoms with van der Waals surface area (Å²) in [6.45, 7) is 7.22. The first kappa shape index (κ1) is 13.5. The summed E-state index contributed by atoms with van der Waals surface area (Å²) in [5, 5.41) is 3.49. The smallest absolute Gasteiger partial charge is 0.119 e. The quantitative estimate of drug-likeness (QED) is 0.882. The van der Waals surface area contributed by atoms with E-state index in [-0.39, 0.29) is 0 Å². The average Bonchev–Trinajstić information content (AvgIpc) is 2.40. The van der Waals surface area contributed by atoms with E-state index in [9.17, 15) is 0 Å². The highest BCUT2D eigenvalue weighted by Crippen LogP contribution is 2.22. The molecule has 0 fully saturated rings. The first-order valence-corrected chi connectivity index (χ1v) is 6.55. The summed E-state index contributed by atoms with van der Waals surface area (Å²) >= 11 is 0. The van der Waals surface area contributed by atoms with Gasteiger partial charge in [0.05, 0.1) is 7.11 Å². The second kappa shape index (κ2) is 5.79. The van der Waals surface area contributed by atoms with Crippen LogP contribution >= 0.6 is 0 Å². The summed E-state index contributed by atoms with van der Waals surface area (Å²) in [5.74, 6) is 0.898. The van der Waals surface area contributed by atoms with Gasteiger partial charge in [-0.1, -0.05) is 23.8 Å². The lowest BCUT2D eigenvalue weighted by molar-refractivity contribution is 0.414. The predicted octanol–water partition coefficient (Wildman–Crippen LogP) is 4.23. The predicted molar refractivity (Wildman–Crippen MR) is 81.0 cm³/mol. The minimum absolute atomic E-state index is 0.848. The average molecular weight is 255 g/mol. The van der Waals surface area contributed by atoms with Crippen LogP contribution in [0.2, 0.25) is 0 Å². The van der Waals surface area contributed by atoms with E-state index in [2.05, 4.69) is 50.4 Å². The van der Waals surface area contributed by atoms with E-state index < -0.39 is 0 Å². The molecule has 0 bridgehead atoms. The molecule has 2 rings (SSSR count). The molecule has 2 aromatic carbocycles. The molecular weight excluding hydrogens is 234 g/mol. The Labute approximate surface area is 115 Å². The first-order valence-electron chi connectivity index (χ1n) is 6.55. The summed E-state index contributed by atoms with van der Waals surface area (Å²) in [5.41, 5.74) is 6.32. The number of hydrogen-bond acceptors (Lipinski definition) is 2. The fraction of sp³-hybridized carbons (Fsp3) is 0.294. The van der Waals surface area contributed by atoms with Gasteiger partial charge < -0.3 is 10.1 Å². The third-order valence-electron chi connectivity index (χ3n) is 3.41. The zero-order valence-electron chi connectivity index (χ0n) is 12.1. The lowest BCUT2D eigenvalue weighted by Gasteiger charge is -2.13. The van der Waals surface area contributed by atoms with Crippen LogP contribution < -0.4 is 10.1 Å². The number of hydrogen-bond donors (Lipinski definition) is 1. The van der Waals surface area contributed by atoms with Crippen molar-refractivity contribution >= 4 is 5.69 Å². The van der Waals surface area contributed by atoms with E-state index in [0.29, 0.717) is 0 Å². The third-order valence-corrected chi connectivity index (χ3v) is 3.41. The highest BCUT2D eigenvalue weighted by Gasteiger charge is 2.02. The highest BCUT2D eigenvalue weighted by molar-refractivity contribution is 5.54. The SMILES string of the molecule is COc1ccc(NCc2cc(C)ccc2C)c(C)c1. The van der Waals surface area contributed by atoms with Gasteiger partial charge in [-0.2, -0.15) is 0 Å². The molecule has 0 aliphatic carbocycles. The monoisotopic (exact) mass is 255 g/mol. The van der Waals surface area contributed by atoms with Gasteiger partial charge in [0.1, 0.15) is 5.75 Å². The van der Waals surface area contributed by atoms with Gasteiger partial charge in [0.25, 0.3) is 0 Å². The van der Waals surface area contributed by atoms with E-state index >= 15 is 0 Å². The molecule has 100 valence electrons. The lowest BCUT2D eigenvalue weighted by Crippen LogP contribution is -2.03. The van der Waals surface area contributed by atoms with Crippen molar-refractivity contribution in [2.75, 3.05) is 12.4 Å². The number of methoxy groups -OCH3 is 1. The molecule has 0 aliphatic rings. The third kappa shape index (κ3) is 3.28. The summed E-state index contributed by atoms with van der Waals surface area (Å²) in [7, 11) is 1.69. The molecule has 0 spiro atoms. The minimum atomic E-state index is 0.848. The normalized spacial score (nSPS) is 10.3. The van der Waals surface area contributed by atoms with Crippen molar-refractivity contribution in [1.29, 1.82) is 0 Å². The van der Waals surface area contributed by atoms with Gasteiger partial charge in [0, 0.05) is 12.2 Å². The minimum Gasteiger partial charge on any atom is -0.497 e. The fourth-order valence-electron chi connectivity index (χ4n) is 2.14. The Hall–Kier alpha value is -1.96. The van der Waals surface area contributed by atoms with Crippen LogP contribution in [0.15, 0.2) is 36.4 Å². The van der Waals surface area contributed by atoms with Crippen molar-refractivity contribution in [2.45, 2.75) is 27.3 Å². The number of benzene rings is 2. The van der Waals surface area contributed by atoms with Gasteiger partial charge in [-0.3, -0.25) is 0 Å². The molecule has 0 aliphatic heterocycles. The topological polar surface area (TPSA) is 21.3 Å². The molecule has 0 heterocycles. The number of aryl methyl sites for hydroxylation is 3. The summed E-state index contributed by atoms with van der Waals surface area (Å²) in [6.07, 6.45) is 0. The lowest BCUT2D eigenvalue weighted by atomic mass is 10.1. The van der Waals surface area contributed by atoms with Crippen molar-refractivity contribution in [3.05, 3.63) is 58.7 Å². The van der Waals surface area contributed by atoms with Gasteiger partial charge in [-0.25, -0.2) is 0 Å². The van der Waals surface area contributed by atoms with Crippen LogP contribution in [0, 0.1) is 20.8 Å². The van der Waals surface area contributed by atoms with E-state index in [1.54, 1.807) is 7.11 Å². The summed E-state index contributed by atoms with van der Waals surface area (Å²) in [6, 6.07) is 12.7. The zero-order valence-corrected chi connectivity index (χ0v) is 12.1. The Morgan fingerprint density at radius 3 is 2.42 bits per heavy atom.